The van der Waals surface area contributed by atoms with Crippen molar-refractivity contribution in [2.75, 3.05) is 0 Å². The summed E-state index contributed by atoms with van der Waals surface area (Å²) < 4.78 is 6.62. The molecule has 20 heavy (non-hydrogen) atoms. The third-order valence-corrected chi connectivity index (χ3v) is 3.90. The topological polar surface area (TPSA) is 41.8 Å². The van der Waals surface area contributed by atoms with E-state index in [4.69, 9.17) is 4.74 Å². The molecule has 0 radical (unpaired) electrons. The maximum absolute atomic E-state index is 10.2. The average Bonchev–Trinajstić information content (AvgIpc) is 2.82. The van der Waals surface area contributed by atoms with Gasteiger partial charge in [0.05, 0.1) is 6.10 Å². The van der Waals surface area contributed by atoms with Crippen LogP contribution in [0.2, 0.25) is 0 Å². The van der Waals surface area contributed by atoms with Crippen molar-refractivity contribution in [1.29, 1.82) is 0 Å². The van der Waals surface area contributed by atoms with Gasteiger partial charge in [0.25, 0.3) is 0 Å². The van der Waals surface area contributed by atoms with E-state index in [9.17, 15) is 5.11 Å². The van der Waals surface area contributed by atoms with Gasteiger partial charge in [-0.2, -0.15) is 0 Å². The zero-order valence-corrected chi connectivity index (χ0v) is 13.3. The Balaban J connectivity index is 2.04. The van der Waals surface area contributed by atoms with E-state index in [1.54, 1.807) is 0 Å². The second-order valence-corrected chi connectivity index (χ2v) is 5.93. The summed E-state index contributed by atoms with van der Waals surface area (Å²) in [7, 11) is 0. The molecule has 0 amide bonds. The molecule has 0 bridgehead atoms. The van der Waals surface area contributed by atoms with E-state index in [1.165, 1.54) is 0 Å². The molecule has 0 aliphatic carbocycles. The van der Waals surface area contributed by atoms with Crippen LogP contribution >= 0.6 is 15.9 Å². The first-order valence-electron chi connectivity index (χ1n) is 7.00. The molecule has 0 saturated heterocycles. The van der Waals surface area contributed by atoms with E-state index in [0.29, 0.717) is 11.7 Å². The molecule has 0 fully saturated rings. The molecule has 0 aromatic heterocycles. The van der Waals surface area contributed by atoms with Crippen LogP contribution in [0.3, 0.4) is 0 Å². The quantitative estimate of drug-likeness (QED) is 0.795. The molecule has 1 N–H and O–H groups in total. The predicted octanol–water partition coefficient (Wildman–Crippen LogP) is 4.05. The van der Waals surface area contributed by atoms with Gasteiger partial charge in [0.1, 0.15) is 11.8 Å². The first kappa shape index (κ1) is 15.3. The SMILES string of the molecule is C=C1OC(c2ccc(Br)cc2)=N[C@@H]1[C@H](O)CCCCC. The van der Waals surface area contributed by atoms with Crippen molar-refractivity contribution in [3.05, 3.63) is 46.6 Å². The van der Waals surface area contributed by atoms with E-state index < -0.39 is 6.10 Å². The molecular weight excluding hydrogens is 318 g/mol. The molecule has 3 nitrogen and oxygen atoms in total. The first-order valence-corrected chi connectivity index (χ1v) is 7.79. The van der Waals surface area contributed by atoms with Gasteiger partial charge in [-0.05, 0) is 30.7 Å². The number of nitrogens with zero attached hydrogens (tertiary/aromatic N) is 1. The maximum Gasteiger partial charge on any atom is 0.222 e. The highest BCUT2D eigenvalue weighted by Crippen LogP contribution is 2.25. The number of unbranched alkanes of at least 4 members (excludes halogenated alkanes) is 2. The molecule has 2 atom stereocenters. The Morgan fingerprint density at radius 2 is 2.05 bits per heavy atom. The van der Waals surface area contributed by atoms with Crippen molar-refractivity contribution in [3.8, 4) is 0 Å². The lowest BCUT2D eigenvalue weighted by molar-refractivity contribution is 0.137. The standard InChI is InChI=1S/C16H20BrNO2/c1-3-4-5-6-14(19)15-11(2)20-16(18-15)12-7-9-13(17)10-8-12/h7-10,14-15,19H,2-6H2,1H3/t14-,15+/m1/s1. The van der Waals surface area contributed by atoms with E-state index in [2.05, 4.69) is 34.4 Å². The van der Waals surface area contributed by atoms with E-state index in [0.717, 1.165) is 35.7 Å². The largest absolute Gasteiger partial charge is 0.441 e. The van der Waals surface area contributed by atoms with Gasteiger partial charge in [-0.3, -0.25) is 0 Å². The lowest BCUT2D eigenvalue weighted by Gasteiger charge is -2.14. The highest BCUT2D eigenvalue weighted by Gasteiger charge is 2.30. The molecule has 108 valence electrons. The predicted molar refractivity (Wildman–Crippen MR) is 84.8 cm³/mol. The molecule has 2 rings (SSSR count). The molecule has 1 aliphatic heterocycles. The van der Waals surface area contributed by atoms with Crippen molar-refractivity contribution >= 4 is 21.8 Å². The molecular formula is C16H20BrNO2. The van der Waals surface area contributed by atoms with E-state index >= 15 is 0 Å². The Morgan fingerprint density at radius 1 is 1.35 bits per heavy atom. The number of hydrogen-bond acceptors (Lipinski definition) is 3. The van der Waals surface area contributed by atoms with Crippen LogP contribution in [0.5, 0.6) is 0 Å². The molecule has 0 spiro atoms. The third-order valence-electron chi connectivity index (χ3n) is 3.37. The Labute approximate surface area is 128 Å². The van der Waals surface area contributed by atoms with Crippen LogP contribution in [0.4, 0.5) is 0 Å². The van der Waals surface area contributed by atoms with Gasteiger partial charge < -0.3 is 9.84 Å². The molecule has 1 heterocycles. The minimum absolute atomic E-state index is 0.342. The first-order chi connectivity index (χ1) is 9.61. The minimum Gasteiger partial charge on any atom is -0.441 e. The summed E-state index contributed by atoms with van der Waals surface area (Å²) in [5.41, 5.74) is 0.901. The Bertz CT molecular complexity index is 496. The zero-order chi connectivity index (χ0) is 14.5. The smallest absolute Gasteiger partial charge is 0.222 e. The van der Waals surface area contributed by atoms with Crippen LogP contribution in [0.25, 0.3) is 0 Å². The minimum atomic E-state index is -0.512. The van der Waals surface area contributed by atoms with Crippen LogP contribution in [-0.4, -0.2) is 23.2 Å². The number of ether oxygens (including phenoxy) is 1. The third kappa shape index (κ3) is 3.70. The number of halogens is 1. The number of benzene rings is 1. The Morgan fingerprint density at radius 3 is 2.70 bits per heavy atom. The van der Waals surface area contributed by atoms with Crippen molar-refractivity contribution in [2.24, 2.45) is 4.99 Å². The summed E-state index contributed by atoms with van der Waals surface area (Å²) in [6, 6.07) is 7.40. The van der Waals surface area contributed by atoms with Crippen molar-refractivity contribution < 1.29 is 9.84 Å². The number of aliphatic hydroxyl groups is 1. The number of rotatable bonds is 6. The van der Waals surface area contributed by atoms with Crippen molar-refractivity contribution in [2.45, 2.75) is 44.8 Å². The van der Waals surface area contributed by atoms with Gasteiger partial charge >= 0.3 is 0 Å². The second-order valence-electron chi connectivity index (χ2n) is 5.02. The van der Waals surface area contributed by atoms with Gasteiger partial charge in [-0.1, -0.05) is 48.7 Å². The zero-order valence-electron chi connectivity index (χ0n) is 11.7. The van der Waals surface area contributed by atoms with Gasteiger partial charge in [0, 0.05) is 10.0 Å². The van der Waals surface area contributed by atoms with E-state index in [1.807, 2.05) is 24.3 Å². The van der Waals surface area contributed by atoms with Gasteiger partial charge in [0.15, 0.2) is 0 Å². The number of hydrogen-bond donors (Lipinski definition) is 1. The highest BCUT2D eigenvalue weighted by molar-refractivity contribution is 9.10. The van der Waals surface area contributed by atoms with Crippen LogP contribution in [0.15, 0.2) is 46.1 Å². The number of aliphatic hydroxyl groups excluding tert-OH is 1. The number of aliphatic imine (C=N–C) groups is 1. The van der Waals surface area contributed by atoms with E-state index in [-0.39, 0.29) is 6.04 Å². The molecule has 1 aliphatic rings. The molecule has 4 heteroatoms. The van der Waals surface area contributed by atoms with Gasteiger partial charge in [-0.15, -0.1) is 0 Å². The lowest BCUT2D eigenvalue weighted by atomic mass is 10.0. The van der Waals surface area contributed by atoms with Crippen molar-refractivity contribution in [3.63, 3.8) is 0 Å². The summed E-state index contributed by atoms with van der Waals surface area (Å²) in [5.74, 6) is 1.08. The Kier molecular flexibility index (Phi) is 5.38. The average molecular weight is 338 g/mol. The van der Waals surface area contributed by atoms with Crippen LogP contribution < -0.4 is 0 Å². The summed E-state index contributed by atoms with van der Waals surface area (Å²) in [6.07, 6.45) is 3.49. The maximum atomic E-state index is 10.2. The van der Waals surface area contributed by atoms with Gasteiger partial charge in [-0.25, -0.2) is 4.99 Å². The van der Waals surface area contributed by atoms with Crippen LogP contribution in [0, 0.1) is 0 Å². The fourth-order valence-electron chi connectivity index (χ4n) is 2.20. The molecule has 0 saturated carbocycles. The van der Waals surface area contributed by atoms with Gasteiger partial charge in [0.2, 0.25) is 5.90 Å². The summed E-state index contributed by atoms with van der Waals surface area (Å²) in [4.78, 5) is 4.48. The lowest BCUT2D eigenvalue weighted by Crippen LogP contribution is -2.23. The Hall–Kier alpha value is -1.13. The summed E-state index contributed by atoms with van der Waals surface area (Å²) in [5, 5.41) is 10.2. The van der Waals surface area contributed by atoms with Crippen LogP contribution in [-0.2, 0) is 4.74 Å². The second kappa shape index (κ2) is 7.04. The fraction of sp³-hybridized carbons (Fsp3) is 0.438. The molecule has 1 aromatic rings. The molecule has 1 aromatic carbocycles. The van der Waals surface area contributed by atoms with Crippen LogP contribution in [0.1, 0.15) is 38.2 Å². The normalized spacial score (nSPS) is 19.6. The fourth-order valence-corrected chi connectivity index (χ4v) is 2.46. The summed E-state index contributed by atoms with van der Waals surface area (Å²) in [6.45, 7) is 6.02. The molecule has 0 unspecified atom stereocenters. The monoisotopic (exact) mass is 337 g/mol. The highest BCUT2D eigenvalue weighted by atomic mass is 79.9. The summed E-state index contributed by atoms with van der Waals surface area (Å²) >= 11 is 3.40. The van der Waals surface area contributed by atoms with Crippen molar-refractivity contribution in [1.82, 2.24) is 0 Å².